The van der Waals surface area contributed by atoms with Gasteiger partial charge in [-0.1, -0.05) is 11.2 Å². The van der Waals surface area contributed by atoms with E-state index < -0.39 is 21.7 Å². The molecule has 0 atom stereocenters. The number of halogens is 2. The van der Waals surface area contributed by atoms with Crippen molar-refractivity contribution in [1.82, 2.24) is 15.1 Å². The average Bonchev–Trinajstić information content (AvgIpc) is 3.42. The fourth-order valence-corrected chi connectivity index (χ4v) is 5.34. The van der Waals surface area contributed by atoms with Gasteiger partial charge < -0.3 is 14.0 Å². The molecule has 0 radical (unpaired) electrons. The number of hydrogen-bond acceptors (Lipinski definition) is 8. The maximum absolute atomic E-state index is 15.6. The lowest BCUT2D eigenvalue weighted by Gasteiger charge is -2.24. The van der Waals surface area contributed by atoms with Crippen molar-refractivity contribution in [2.45, 2.75) is 4.90 Å². The van der Waals surface area contributed by atoms with E-state index in [0.29, 0.717) is 5.39 Å². The molecule has 5 rings (SSSR count). The van der Waals surface area contributed by atoms with Crippen LogP contribution >= 0.6 is 0 Å². The molecule has 0 amide bonds. The summed E-state index contributed by atoms with van der Waals surface area (Å²) in [6.45, 7) is 0. The number of anilines is 2. The number of pyridine rings is 2. The summed E-state index contributed by atoms with van der Waals surface area (Å²) in [6.07, 6.45) is 5.27. The van der Waals surface area contributed by atoms with Gasteiger partial charge in [-0.25, -0.2) is 26.5 Å². The maximum Gasteiger partial charge on any atom is 0.270 e. The molecule has 0 spiro atoms. The Morgan fingerprint density at radius 3 is 2.49 bits per heavy atom. The zero-order chi connectivity index (χ0) is 26.2. The van der Waals surface area contributed by atoms with Crippen LogP contribution in [-0.4, -0.2) is 37.8 Å². The monoisotopic (exact) mass is 524 g/mol. The Kier molecular flexibility index (Phi) is 6.17. The van der Waals surface area contributed by atoms with Gasteiger partial charge in [0.1, 0.15) is 29.3 Å². The zero-order valence-electron chi connectivity index (χ0n) is 19.4. The van der Waals surface area contributed by atoms with Crippen LogP contribution in [0.2, 0.25) is 0 Å². The lowest BCUT2D eigenvalue weighted by Crippen LogP contribution is -2.27. The smallest absolute Gasteiger partial charge is 0.270 e. The number of aromatic nitrogens is 3. The topological polar surface area (TPSA) is 108 Å². The van der Waals surface area contributed by atoms with Gasteiger partial charge in [-0.05, 0) is 35.7 Å². The van der Waals surface area contributed by atoms with Crippen LogP contribution in [0.4, 0.5) is 20.3 Å². The fourth-order valence-electron chi connectivity index (χ4n) is 3.87. The highest BCUT2D eigenvalue weighted by Gasteiger charge is 2.32. The Balaban J connectivity index is 1.72. The largest absolute Gasteiger partial charge is 0.495 e. The van der Waals surface area contributed by atoms with Gasteiger partial charge in [0.15, 0.2) is 5.82 Å². The van der Waals surface area contributed by atoms with Crippen molar-refractivity contribution < 1.29 is 31.2 Å². The van der Waals surface area contributed by atoms with Gasteiger partial charge in [-0.3, -0.25) is 4.98 Å². The average molecular weight is 525 g/mol. The summed E-state index contributed by atoms with van der Waals surface area (Å²) in [7, 11) is -1.77. The molecule has 12 heteroatoms. The van der Waals surface area contributed by atoms with Crippen LogP contribution in [0.25, 0.3) is 21.9 Å². The first-order valence-electron chi connectivity index (χ1n) is 10.7. The molecule has 0 unspecified atom stereocenters. The Bertz CT molecular complexity index is 1710. The molecule has 0 aliphatic rings. The van der Waals surface area contributed by atoms with Crippen molar-refractivity contribution >= 4 is 32.3 Å². The summed E-state index contributed by atoms with van der Waals surface area (Å²) < 4.78 is 73.7. The highest BCUT2D eigenvalue weighted by Crippen LogP contribution is 2.43. The molecule has 0 saturated heterocycles. The van der Waals surface area contributed by atoms with Crippen LogP contribution in [0.3, 0.4) is 0 Å². The number of ether oxygens (including phenoxy) is 2. The summed E-state index contributed by atoms with van der Waals surface area (Å²) >= 11 is 0. The van der Waals surface area contributed by atoms with E-state index >= 15 is 4.39 Å². The number of hydrogen-bond donors (Lipinski definition) is 0. The summed E-state index contributed by atoms with van der Waals surface area (Å²) in [6, 6.07) is 10.7. The molecule has 2 aromatic carbocycles. The third-order valence-corrected chi connectivity index (χ3v) is 7.29. The summed E-state index contributed by atoms with van der Waals surface area (Å²) in [5, 5.41) is 5.15. The zero-order valence-corrected chi connectivity index (χ0v) is 20.2. The first-order chi connectivity index (χ1) is 17.8. The molecule has 188 valence electrons. The molecule has 0 aliphatic heterocycles. The molecule has 5 aromatic rings. The van der Waals surface area contributed by atoms with Crippen molar-refractivity contribution in [3.05, 3.63) is 85.0 Å². The summed E-state index contributed by atoms with van der Waals surface area (Å²) in [5.74, 6) is -1.79. The summed E-state index contributed by atoms with van der Waals surface area (Å²) in [4.78, 5) is 7.78. The van der Waals surface area contributed by atoms with Crippen LogP contribution in [-0.2, 0) is 10.0 Å². The number of rotatable bonds is 7. The summed E-state index contributed by atoms with van der Waals surface area (Å²) in [5.41, 5.74) is -0.278. The van der Waals surface area contributed by atoms with Gasteiger partial charge in [0.2, 0.25) is 5.88 Å². The van der Waals surface area contributed by atoms with Crippen molar-refractivity contribution in [3.8, 4) is 22.8 Å². The minimum atomic E-state index is -4.37. The van der Waals surface area contributed by atoms with Gasteiger partial charge in [0, 0.05) is 41.0 Å². The van der Waals surface area contributed by atoms with E-state index in [1.807, 2.05) is 0 Å². The second kappa shape index (κ2) is 9.47. The number of sulfonamides is 1. The standard InChI is InChI=1S/C25H18F2N4O5S/c1-34-23-11-19(20-10-17(26)14-29-25(20)35-2)21(27)12-22(23)31(24-6-8-36-30-24)37(32,33)18-4-3-16-13-28-7-5-15(16)9-18/h3-14H,1-2H3. The van der Waals surface area contributed by atoms with Crippen molar-refractivity contribution in [2.75, 3.05) is 18.5 Å². The van der Waals surface area contributed by atoms with E-state index in [1.54, 1.807) is 24.5 Å². The lowest BCUT2D eigenvalue weighted by molar-refractivity contribution is 0.397. The highest BCUT2D eigenvalue weighted by atomic mass is 32.2. The first kappa shape index (κ1) is 24.1. The third kappa shape index (κ3) is 4.31. The Hall–Kier alpha value is -4.58. The normalized spacial score (nSPS) is 11.5. The predicted molar refractivity (Wildman–Crippen MR) is 130 cm³/mol. The molecule has 9 nitrogen and oxygen atoms in total. The molecule has 3 aromatic heterocycles. The minimum Gasteiger partial charge on any atom is -0.495 e. The molecule has 0 bridgehead atoms. The number of fused-ring (bicyclic) bond motifs is 1. The van der Waals surface area contributed by atoms with Crippen LogP contribution in [0.15, 0.2) is 82.8 Å². The van der Waals surface area contributed by atoms with E-state index in [4.69, 9.17) is 14.0 Å². The van der Waals surface area contributed by atoms with E-state index in [2.05, 4.69) is 15.1 Å². The van der Waals surface area contributed by atoms with Gasteiger partial charge >= 0.3 is 0 Å². The highest BCUT2D eigenvalue weighted by molar-refractivity contribution is 7.93. The van der Waals surface area contributed by atoms with Crippen molar-refractivity contribution in [2.24, 2.45) is 0 Å². The second-order valence-electron chi connectivity index (χ2n) is 7.73. The lowest BCUT2D eigenvalue weighted by atomic mass is 10.0. The van der Waals surface area contributed by atoms with Crippen molar-refractivity contribution in [3.63, 3.8) is 0 Å². The Morgan fingerprint density at radius 1 is 0.919 bits per heavy atom. The molecular formula is C25H18F2N4O5S. The van der Waals surface area contributed by atoms with Crippen LogP contribution < -0.4 is 13.8 Å². The fraction of sp³-hybridized carbons (Fsp3) is 0.0800. The van der Waals surface area contributed by atoms with Crippen LogP contribution in [0, 0.1) is 11.6 Å². The first-order valence-corrected chi connectivity index (χ1v) is 12.1. The molecule has 37 heavy (non-hydrogen) atoms. The number of benzene rings is 2. The third-order valence-electron chi connectivity index (χ3n) is 5.57. The molecule has 3 heterocycles. The van der Waals surface area contributed by atoms with Gasteiger partial charge in [-0.15, -0.1) is 0 Å². The minimum absolute atomic E-state index is 0.0174. The van der Waals surface area contributed by atoms with E-state index in [9.17, 15) is 12.8 Å². The second-order valence-corrected chi connectivity index (χ2v) is 9.51. The SMILES string of the molecule is COc1cc(-c2cc(F)cnc2OC)c(F)cc1N(c1ccon1)S(=O)(=O)c1ccc2cnccc2c1. The van der Waals surface area contributed by atoms with Crippen LogP contribution in [0.5, 0.6) is 11.6 Å². The molecule has 0 saturated carbocycles. The molecule has 0 aliphatic carbocycles. The molecule has 0 N–H and O–H groups in total. The Morgan fingerprint density at radius 2 is 1.76 bits per heavy atom. The quantitative estimate of drug-likeness (QED) is 0.289. The van der Waals surface area contributed by atoms with Gasteiger partial charge in [-0.2, -0.15) is 0 Å². The maximum atomic E-state index is 15.6. The van der Waals surface area contributed by atoms with Gasteiger partial charge in [0.25, 0.3) is 10.0 Å². The van der Waals surface area contributed by atoms with Gasteiger partial charge in [0.05, 0.1) is 25.3 Å². The number of methoxy groups -OCH3 is 2. The van der Waals surface area contributed by atoms with Crippen LogP contribution in [0.1, 0.15) is 0 Å². The Labute approximate surface area is 209 Å². The molecular weight excluding hydrogens is 506 g/mol. The van der Waals surface area contributed by atoms with Crippen molar-refractivity contribution in [1.29, 1.82) is 0 Å². The van der Waals surface area contributed by atoms with E-state index in [0.717, 1.165) is 28.0 Å². The van der Waals surface area contributed by atoms with E-state index in [1.165, 1.54) is 44.7 Å². The van der Waals surface area contributed by atoms with E-state index in [-0.39, 0.29) is 39.2 Å². The predicted octanol–water partition coefficient (Wildman–Crippen LogP) is 5.11. The number of nitrogens with zero attached hydrogens (tertiary/aromatic N) is 4. The molecule has 0 fully saturated rings.